The molecule has 1 aromatic carbocycles. The molecule has 0 amide bonds. The van der Waals surface area contributed by atoms with Crippen molar-refractivity contribution in [3.05, 3.63) is 37.9 Å². The van der Waals surface area contributed by atoms with E-state index in [1.54, 1.807) is 0 Å². The molecule has 18 heavy (non-hydrogen) atoms. The molecule has 1 nitrogen and oxygen atoms in total. The Kier molecular flexibility index (Phi) is 3.52. The van der Waals surface area contributed by atoms with Gasteiger partial charge in [0.2, 0.25) is 0 Å². The number of hydrogen-bond acceptors (Lipinski definition) is 1. The molecule has 0 saturated heterocycles. The second-order valence-electron chi connectivity index (χ2n) is 4.70. The van der Waals surface area contributed by atoms with E-state index >= 15 is 0 Å². The number of fused-ring (bicyclic) bond motifs is 2. The van der Waals surface area contributed by atoms with Crippen molar-refractivity contribution in [3.63, 3.8) is 0 Å². The molecule has 0 fully saturated rings. The van der Waals surface area contributed by atoms with E-state index in [2.05, 4.69) is 15.9 Å². The van der Waals surface area contributed by atoms with E-state index in [4.69, 9.17) is 28.2 Å². The highest BCUT2D eigenvalue weighted by Gasteiger charge is 2.17. The molecule has 0 atom stereocenters. The molecule has 0 spiro atoms. The van der Waals surface area contributed by atoms with Gasteiger partial charge in [-0.3, -0.25) is 4.98 Å². The summed E-state index contributed by atoms with van der Waals surface area (Å²) in [4.78, 5) is 4.74. The molecule has 1 aliphatic carbocycles. The number of aryl methyl sites for hydroxylation is 1. The van der Waals surface area contributed by atoms with E-state index in [-0.39, 0.29) is 0 Å². The third-order valence-electron chi connectivity index (χ3n) is 3.47. The first-order valence-corrected chi connectivity index (χ1v) is 7.67. The number of pyridine rings is 1. The molecule has 0 N–H and O–H groups in total. The monoisotopic (exact) mass is 343 g/mol. The van der Waals surface area contributed by atoms with Gasteiger partial charge < -0.3 is 0 Å². The van der Waals surface area contributed by atoms with Gasteiger partial charge in [0.25, 0.3) is 0 Å². The molecule has 2 aromatic rings. The molecule has 0 aliphatic heterocycles. The zero-order valence-corrected chi connectivity index (χ0v) is 12.9. The predicted molar refractivity (Wildman–Crippen MR) is 80.7 cm³/mol. The van der Waals surface area contributed by atoms with Crippen molar-refractivity contribution < 1.29 is 0 Å². The largest absolute Gasteiger partial charge is 0.251 e. The molecule has 1 aromatic heterocycles. The van der Waals surface area contributed by atoms with Crippen LogP contribution in [-0.4, -0.2) is 4.98 Å². The minimum atomic E-state index is 0.660. The van der Waals surface area contributed by atoms with Crippen molar-refractivity contribution in [2.45, 2.75) is 32.1 Å². The van der Waals surface area contributed by atoms with Crippen LogP contribution in [0.1, 0.15) is 30.5 Å². The summed E-state index contributed by atoms with van der Waals surface area (Å²) in [5.41, 5.74) is 3.18. The summed E-state index contributed by atoms with van der Waals surface area (Å²) in [7, 11) is 0. The number of nitrogens with zero attached hydrogens (tertiary/aromatic N) is 1. The van der Waals surface area contributed by atoms with Gasteiger partial charge in [0.15, 0.2) is 0 Å². The topological polar surface area (TPSA) is 12.9 Å². The number of hydrogen-bond donors (Lipinski definition) is 0. The molecule has 94 valence electrons. The smallest absolute Gasteiger partial charge is 0.0907 e. The highest BCUT2D eigenvalue weighted by atomic mass is 79.9. The van der Waals surface area contributed by atoms with Crippen molar-refractivity contribution in [1.29, 1.82) is 0 Å². The van der Waals surface area contributed by atoms with Gasteiger partial charge in [0, 0.05) is 15.6 Å². The third kappa shape index (κ3) is 2.15. The highest BCUT2D eigenvalue weighted by Crippen LogP contribution is 2.36. The Morgan fingerprint density at radius 1 is 1.06 bits per heavy atom. The number of halogens is 3. The lowest BCUT2D eigenvalue weighted by Gasteiger charge is -2.12. The Labute approximate surface area is 125 Å². The van der Waals surface area contributed by atoms with Gasteiger partial charge in [0.1, 0.15) is 0 Å². The van der Waals surface area contributed by atoms with Crippen molar-refractivity contribution in [1.82, 2.24) is 4.98 Å². The summed E-state index contributed by atoms with van der Waals surface area (Å²) in [5.74, 6) is 0. The van der Waals surface area contributed by atoms with Gasteiger partial charge in [-0.1, -0.05) is 45.6 Å². The maximum Gasteiger partial charge on any atom is 0.0907 e. The SMILES string of the molecule is Clc1c2c(nc3c(Cl)cc(Br)cc13)CCCCC2. The maximum atomic E-state index is 6.56. The average Bonchev–Trinajstić information content (AvgIpc) is 2.56. The fourth-order valence-corrected chi connectivity index (χ4v) is 3.77. The predicted octanol–water partition coefficient (Wildman–Crippen LogP) is 5.57. The normalized spacial score (nSPS) is 15.5. The number of rotatable bonds is 0. The van der Waals surface area contributed by atoms with E-state index in [1.807, 2.05) is 12.1 Å². The summed E-state index contributed by atoms with van der Waals surface area (Å²) < 4.78 is 0.942. The molecule has 1 aliphatic rings. The minimum absolute atomic E-state index is 0.660. The standard InChI is InChI=1S/C14H12BrCl2N/c15-8-6-10-13(17)9-4-2-1-3-5-12(9)18-14(10)11(16)7-8/h6-7H,1-5H2. The second-order valence-corrected chi connectivity index (χ2v) is 6.40. The van der Waals surface area contributed by atoms with Crippen molar-refractivity contribution in [2.75, 3.05) is 0 Å². The van der Waals surface area contributed by atoms with E-state index in [1.165, 1.54) is 24.8 Å². The molecular formula is C14H12BrCl2N. The van der Waals surface area contributed by atoms with Gasteiger partial charge in [0.05, 0.1) is 15.6 Å². The summed E-state index contributed by atoms with van der Waals surface area (Å²) in [6.07, 6.45) is 5.68. The van der Waals surface area contributed by atoms with Gasteiger partial charge in [-0.05, 0) is 43.4 Å². The van der Waals surface area contributed by atoms with Crippen molar-refractivity contribution in [3.8, 4) is 0 Å². The third-order valence-corrected chi connectivity index (χ3v) is 4.64. The quantitative estimate of drug-likeness (QED) is 0.569. The van der Waals surface area contributed by atoms with E-state index in [0.717, 1.165) is 38.9 Å². The lowest BCUT2D eigenvalue weighted by Crippen LogP contribution is -1.98. The van der Waals surface area contributed by atoms with Crippen LogP contribution < -0.4 is 0 Å². The summed E-state index contributed by atoms with van der Waals surface area (Å²) >= 11 is 16.3. The fourth-order valence-electron chi connectivity index (χ4n) is 2.57. The minimum Gasteiger partial charge on any atom is -0.251 e. The maximum absolute atomic E-state index is 6.56. The number of benzene rings is 1. The van der Waals surface area contributed by atoms with E-state index in [0.29, 0.717) is 5.02 Å². The first-order chi connectivity index (χ1) is 8.66. The van der Waals surface area contributed by atoms with Crippen molar-refractivity contribution in [2.24, 2.45) is 0 Å². The Balaban J connectivity index is 2.34. The lowest BCUT2D eigenvalue weighted by molar-refractivity contribution is 0.709. The van der Waals surface area contributed by atoms with E-state index < -0.39 is 0 Å². The zero-order chi connectivity index (χ0) is 12.7. The van der Waals surface area contributed by atoms with Gasteiger partial charge in [-0.2, -0.15) is 0 Å². The second kappa shape index (κ2) is 4.99. The van der Waals surface area contributed by atoms with E-state index in [9.17, 15) is 0 Å². The van der Waals surface area contributed by atoms with Crippen LogP contribution in [0.4, 0.5) is 0 Å². The van der Waals surface area contributed by atoms with Crippen LogP contribution >= 0.6 is 39.1 Å². The van der Waals surface area contributed by atoms with Crippen molar-refractivity contribution >= 4 is 50.0 Å². The molecule has 3 rings (SSSR count). The Hall–Kier alpha value is -0.310. The van der Waals surface area contributed by atoms with Crippen LogP contribution in [0.5, 0.6) is 0 Å². The van der Waals surface area contributed by atoms with Crippen LogP contribution in [0.25, 0.3) is 10.9 Å². The molecule has 1 heterocycles. The van der Waals surface area contributed by atoms with Gasteiger partial charge >= 0.3 is 0 Å². The van der Waals surface area contributed by atoms with Crippen LogP contribution in [0.3, 0.4) is 0 Å². The van der Waals surface area contributed by atoms with Crippen LogP contribution in [-0.2, 0) is 12.8 Å². The Morgan fingerprint density at radius 2 is 1.83 bits per heavy atom. The zero-order valence-electron chi connectivity index (χ0n) is 9.77. The molecule has 4 heteroatoms. The molecule has 0 radical (unpaired) electrons. The lowest BCUT2D eigenvalue weighted by atomic mass is 10.1. The molecule has 0 unspecified atom stereocenters. The first kappa shape index (κ1) is 12.7. The fraction of sp³-hybridized carbons (Fsp3) is 0.357. The molecule has 0 saturated carbocycles. The summed E-state index contributed by atoms with van der Waals surface area (Å²) in [6.45, 7) is 0. The molecular weight excluding hydrogens is 333 g/mol. The van der Waals surface area contributed by atoms with Gasteiger partial charge in [-0.25, -0.2) is 0 Å². The van der Waals surface area contributed by atoms with Crippen LogP contribution in [0, 0.1) is 0 Å². The highest BCUT2D eigenvalue weighted by molar-refractivity contribution is 9.10. The first-order valence-electron chi connectivity index (χ1n) is 6.13. The summed E-state index contributed by atoms with van der Waals surface area (Å²) in [6, 6.07) is 3.87. The van der Waals surface area contributed by atoms with Gasteiger partial charge in [-0.15, -0.1) is 0 Å². The van der Waals surface area contributed by atoms with Crippen LogP contribution in [0.15, 0.2) is 16.6 Å². The van der Waals surface area contributed by atoms with Crippen LogP contribution in [0.2, 0.25) is 10.0 Å². The summed E-state index contributed by atoms with van der Waals surface area (Å²) in [5, 5.41) is 2.45. The Bertz CT molecular complexity index is 625. The average molecular weight is 345 g/mol. The molecule has 0 bridgehead atoms. The number of aromatic nitrogens is 1. The Morgan fingerprint density at radius 3 is 2.67 bits per heavy atom.